The molecular weight excluding hydrogens is 459 g/mol. The Bertz CT molecular complexity index is 1470. The van der Waals surface area contributed by atoms with E-state index in [-0.39, 0.29) is 29.6 Å². The Morgan fingerprint density at radius 3 is 2.51 bits per heavy atom. The number of halogens is 3. The van der Waals surface area contributed by atoms with Crippen LogP contribution in [0.4, 0.5) is 19.1 Å². The van der Waals surface area contributed by atoms with Crippen molar-refractivity contribution >= 4 is 12.2 Å². The molecule has 0 radical (unpaired) electrons. The molecule has 0 saturated heterocycles. The summed E-state index contributed by atoms with van der Waals surface area (Å²) in [7, 11) is 0. The zero-order chi connectivity index (χ0) is 24.8. The summed E-state index contributed by atoms with van der Waals surface area (Å²) in [4.78, 5) is 19.1. The highest BCUT2D eigenvalue weighted by molar-refractivity contribution is 5.80. The third-order valence-corrected chi connectivity index (χ3v) is 4.78. The van der Waals surface area contributed by atoms with Gasteiger partial charge in [-0.25, -0.2) is 23.6 Å². The van der Waals surface area contributed by atoms with Crippen LogP contribution in [-0.4, -0.2) is 16.2 Å². The van der Waals surface area contributed by atoms with E-state index in [0.29, 0.717) is 16.7 Å². The van der Waals surface area contributed by atoms with Crippen molar-refractivity contribution in [3.63, 3.8) is 0 Å². The average molecular weight is 475 g/mol. The van der Waals surface area contributed by atoms with E-state index in [4.69, 9.17) is 4.74 Å². The topological polar surface area (TPSA) is 103 Å². The second kappa shape index (κ2) is 10.4. The maximum absolute atomic E-state index is 13.3. The molecule has 0 bridgehead atoms. The summed E-state index contributed by atoms with van der Waals surface area (Å²) in [6.45, 7) is -0.0233. The Morgan fingerprint density at radius 2 is 1.80 bits per heavy atom. The molecule has 0 aliphatic rings. The van der Waals surface area contributed by atoms with E-state index < -0.39 is 23.0 Å². The maximum atomic E-state index is 13.3. The summed E-state index contributed by atoms with van der Waals surface area (Å²) in [6.07, 6.45) is 1.46. The molecule has 35 heavy (non-hydrogen) atoms. The van der Waals surface area contributed by atoms with E-state index >= 15 is 0 Å². The number of nitrogens with zero attached hydrogens (tertiary/aromatic N) is 3. The Hall–Kier alpha value is -4.91. The minimum absolute atomic E-state index is 0.0233. The molecule has 174 valence electrons. The number of nitrogens with one attached hydrogen (secondary N) is 2. The van der Waals surface area contributed by atoms with E-state index in [0.717, 1.165) is 12.1 Å². The first-order chi connectivity index (χ1) is 16.9. The molecule has 0 saturated carbocycles. The molecule has 1 heterocycles. The fourth-order valence-corrected chi connectivity index (χ4v) is 3.15. The van der Waals surface area contributed by atoms with Crippen LogP contribution in [0.5, 0.6) is 5.75 Å². The van der Waals surface area contributed by atoms with Crippen molar-refractivity contribution in [1.29, 1.82) is 5.26 Å². The van der Waals surface area contributed by atoms with Gasteiger partial charge in [0.1, 0.15) is 24.0 Å². The predicted molar refractivity (Wildman–Crippen MR) is 123 cm³/mol. The van der Waals surface area contributed by atoms with Gasteiger partial charge >= 0.3 is 0 Å². The van der Waals surface area contributed by atoms with Crippen molar-refractivity contribution in [3.05, 3.63) is 111 Å². The van der Waals surface area contributed by atoms with Crippen LogP contribution in [0.3, 0.4) is 0 Å². The van der Waals surface area contributed by atoms with E-state index in [1.54, 1.807) is 48.5 Å². The fourth-order valence-electron chi connectivity index (χ4n) is 3.15. The van der Waals surface area contributed by atoms with Gasteiger partial charge in [-0.05, 0) is 17.2 Å². The van der Waals surface area contributed by atoms with Gasteiger partial charge in [-0.2, -0.15) is 10.4 Å². The summed E-state index contributed by atoms with van der Waals surface area (Å²) in [5.74, 6) is -4.33. The van der Waals surface area contributed by atoms with E-state index in [2.05, 4.69) is 20.5 Å². The lowest BCUT2D eigenvalue weighted by molar-refractivity contribution is 0.299. The number of aromatic amines is 1. The zero-order valence-corrected chi connectivity index (χ0v) is 17.9. The molecule has 4 rings (SSSR count). The molecule has 1 aromatic heterocycles. The highest BCUT2D eigenvalue weighted by Gasteiger charge is 2.13. The summed E-state index contributed by atoms with van der Waals surface area (Å²) in [6, 6.07) is 19.1. The third kappa shape index (κ3) is 5.54. The molecule has 0 atom stereocenters. The number of nitriles is 1. The van der Waals surface area contributed by atoms with Crippen molar-refractivity contribution in [2.75, 3.05) is 5.43 Å². The van der Waals surface area contributed by atoms with Gasteiger partial charge in [0.05, 0.1) is 11.9 Å². The molecule has 0 aliphatic carbocycles. The predicted octanol–water partition coefficient (Wildman–Crippen LogP) is 4.75. The summed E-state index contributed by atoms with van der Waals surface area (Å²) < 4.78 is 45.1. The summed E-state index contributed by atoms with van der Waals surface area (Å²) in [5.41, 5.74) is 4.06. The largest absolute Gasteiger partial charge is 0.489 e. The van der Waals surface area contributed by atoms with Gasteiger partial charge in [0.15, 0.2) is 17.5 Å². The lowest BCUT2D eigenvalue weighted by Crippen LogP contribution is -2.16. The van der Waals surface area contributed by atoms with E-state index in [1.807, 2.05) is 12.1 Å². The number of ether oxygens (including phenoxy) is 1. The molecule has 0 aliphatic heterocycles. The van der Waals surface area contributed by atoms with Crippen molar-refractivity contribution in [1.82, 2.24) is 9.97 Å². The van der Waals surface area contributed by atoms with E-state index in [1.165, 1.54) is 6.21 Å². The molecule has 7 nitrogen and oxygen atoms in total. The second-order valence-electron chi connectivity index (χ2n) is 7.22. The number of H-pyrrole nitrogens is 1. The number of benzene rings is 3. The molecule has 2 N–H and O–H groups in total. The van der Waals surface area contributed by atoms with Crippen LogP contribution >= 0.6 is 0 Å². The third-order valence-electron chi connectivity index (χ3n) is 4.78. The minimum Gasteiger partial charge on any atom is -0.489 e. The number of anilines is 1. The van der Waals surface area contributed by atoms with Crippen LogP contribution in [-0.2, 0) is 6.61 Å². The lowest BCUT2D eigenvalue weighted by Gasteiger charge is -2.08. The van der Waals surface area contributed by atoms with Crippen molar-refractivity contribution in [2.45, 2.75) is 6.61 Å². The number of hydrogen-bond acceptors (Lipinski definition) is 6. The Morgan fingerprint density at radius 1 is 1.06 bits per heavy atom. The highest BCUT2D eigenvalue weighted by atomic mass is 19.2. The van der Waals surface area contributed by atoms with Crippen molar-refractivity contribution in [3.8, 4) is 23.1 Å². The summed E-state index contributed by atoms with van der Waals surface area (Å²) in [5, 5.41) is 13.4. The molecule has 4 aromatic rings. The van der Waals surface area contributed by atoms with E-state index in [9.17, 15) is 23.2 Å². The normalized spacial score (nSPS) is 10.8. The summed E-state index contributed by atoms with van der Waals surface area (Å²) >= 11 is 0. The average Bonchev–Trinajstić information content (AvgIpc) is 2.86. The molecule has 0 spiro atoms. The van der Waals surface area contributed by atoms with Gasteiger partial charge in [-0.3, -0.25) is 9.78 Å². The highest BCUT2D eigenvalue weighted by Crippen LogP contribution is 2.21. The molecule has 10 heteroatoms. The van der Waals surface area contributed by atoms with Crippen LogP contribution in [0.1, 0.15) is 16.7 Å². The molecule has 0 amide bonds. The van der Waals surface area contributed by atoms with Crippen molar-refractivity contribution < 1.29 is 17.9 Å². The van der Waals surface area contributed by atoms with Gasteiger partial charge in [0, 0.05) is 17.7 Å². The quantitative estimate of drug-likeness (QED) is 0.228. The number of hydrogen-bond donors (Lipinski definition) is 2. The maximum Gasteiger partial charge on any atom is 0.270 e. The van der Waals surface area contributed by atoms with Gasteiger partial charge < -0.3 is 4.74 Å². The molecule has 3 aromatic carbocycles. The fraction of sp³-hybridized carbons (Fsp3) is 0.0400. The van der Waals surface area contributed by atoms with Crippen LogP contribution in [0.2, 0.25) is 0 Å². The van der Waals surface area contributed by atoms with Gasteiger partial charge in [0.25, 0.3) is 5.56 Å². The minimum atomic E-state index is -1.56. The first kappa shape index (κ1) is 23.3. The van der Waals surface area contributed by atoms with Gasteiger partial charge in [0.2, 0.25) is 5.95 Å². The van der Waals surface area contributed by atoms with Crippen LogP contribution in [0.25, 0.3) is 11.3 Å². The van der Waals surface area contributed by atoms with Gasteiger partial charge in [-0.15, -0.1) is 0 Å². The number of hydrazone groups is 1. The molecule has 0 unspecified atom stereocenters. The van der Waals surface area contributed by atoms with Crippen molar-refractivity contribution in [2.24, 2.45) is 5.10 Å². The van der Waals surface area contributed by atoms with Crippen LogP contribution in [0.15, 0.2) is 76.6 Å². The standard InChI is InChI=1S/C25H16F3N5O2/c26-20-10-18(11-21(27)22(20)28)35-14-16-6-4-5-15(9-16)13-30-33-25-31-23(17-7-2-1-3-8-17)19(12-29)24(34)32-25/h1-11,13H,14H2,(H2,31,32,33,34). The first-order valence-electron chi connectivity index (χ1n) is 10.2. The monoisotopic (exact) mass is 475 g/mol. The SMILES string of the molecule is N#Cc1c(-c2ccccc2)nc(NN=Cc2cccc(COc3cc(F)c(F)c(F)c3)c2)[nH]c1=O. The first-order valence-corrected chi connectivity index (χ1v) is 10.2. The molecule has 0 fully saturated rings. The Kier molecular flexibility index (Phi) is 6.88. The van der Waals surface area contributed by atoms with Crippen LogP contribution in [0, 0.1) is 28.8 Å². The Balaban J connectivity index is 1.47. The smallest absolute Gasteiger partial charge is 0.270 e. The number of rotatable bonds is 7. The van der Waals surface area contributed by atoms with Crippen LogP contribution < -0.4 is 15.7 Å². The second-order valence-corrected chi connectivity index (χ2v) is 7.22. The number of aromatic nitrogens is 2. The Labute approximate surface area is 197 Å². The lowest BCUT2D eigenvalue weighted by atomic mass is 10.1. The van der Waals surface area contributed by atoms with Gasteiger partial charge in [-0.1, -0.05) is 48.5 Å². The zero-order valence-electron chi connectivity index (χ0n) is 17.9. The molecular formula is C25H16F3N5O2.